The summed E-state index contributed by atoms with van der Waals surface area (Å²) in [5.41, 5.74) is 2.06. The van der Waals surface area contributed by atoms with Crippen LogP contribution in [0, 0.1) is 5.92 Å². The SMILES string of the molecule is CCCCCCCOCC(C)C(=O)Oc1ccc(-c2ncc(CCCC)cn2)cc1. The standard InChI is InChI=1S/C25H36N2O3/c1-4-6-8-9-10-16-29-19-20(3)25(28)30-23-14-12-22(13-15-23)24-26-17-21(18-27-24)11-7-5-2/h12-15,17-18,20H,4-11,16,19H2,1-3H3. The Balaban J connectivity index is 1.75. The first-order valence-electron chi connectivity index (χ1n) is 11.3. The van der Waals surface area contributed by atoms with Gasteiger partial charge in [-0.25, -0.2) is 9.97 Å². The number of aryl methyl sites for hydroxylation is 1. The second kappa shape index (κ2) is 13.9. The predicted octanol–water partition coefficient (Wildman–Crippen LogP) is 6.01. The van der Waals surface area contributed by atoms with Gasteiger partial charge in [0.25, 0.3) is 0 Å². The smallest absolute Gasteiger partial charge is 0.316 e. The first kappa shape index (κ1) is 24.0. The maximum atomic E-state index is 12.3. The molecule has 0 fully saturated rings. The molecular formula is C25H36N2O3. The lowest BCUT2D eigenvalue weighted by Gasteiger charge is -2.12. The van der Waals surface area contributed by atoms with Crippen molar-refractivity contribution in [1.29, 1.82) is 0 Å². The normalized spacial score (nSPS) is 12.0. The molecule has 164 valence electrons. The first-order valence-corrected chi connectivity index (χ1v) is 11.3. The van der Waals surface area contributed by atoms with Crippen molar-refractivity contribution in [2.24, 2.45) is 5.92 Å². The molecule has 0 bridgehead atoms. The molecule has 0 radical (unpaired) electrons. The Labute approximate surface area is 181 Å². The largest absolute Gasteiger partial charge is 0.426 e. The Morgan fingerprint density at radius 2 is 1.60 bits per heavy atom. The van der Waals surface area contributed by atoms with E-state index in [-0.39, 0.29) is 11.9 Å². The van der Waals surface area contributed by atoms with Gasteiger partial charge in [0.05, 0.1) is 12.5 Å². The minimum absolute atomic E-state index is 0.273. The van der Waals surface area contributed by atoms with E-state index in [1.165, 1.54) is 25.7 Å². The molecule has 0 aliphatic rings. The van der Waals surface area contributed by atoms with E-state index in [9.17, 15) is 4.79 Å². The number of carbonyl (C=O) groups excluding carboxylic acids is 1. The lowest BCUT2D eigenvalue weighted by atomic mass is 10.1. The van der Waals surface area contributed by atoms with Gasteiger partial charge in [-0.15, -0.1) is 0 Å². The van der Waals surface area contributed by atoms with Crippen molar-refractivity contribution < 1.29 is 14.3 Å². The molecule has 30 heavy (non-hydrogen) atoms. The molecule has 0 saturated heterocycles. The van der Waals surface area contributed by atoms with E-state index in [4.69, 9.17) is 9.47 Å². The van der Waals surface area contributed by atoms with Crippen LogP contribution >= 0.6 is 0 Å². The van der Waals surface area contributed by atoms with Crippen LogP contribution in [0.25, 0.3) is 11.4 Å². The van der Waals surface area contributed by atoms with Crippen LogP contribution in [0.4, 0.5) is 0 Å². The van der Waals surface area contributed by atoms with Crippen LogP contribution < -0.4 is 4.74 Å². The molecule has 0 N–H and O–H groups in total. The summed E-state index contributed by atoms with van der Waals surface area (Å²) in [6.07, 6.45) is 13.1. The second-order valence-corrected chi connectivity index (χ2v) is 7.85. The van der Waals surface area contributed by atoms with Crippen molar-refractivity contribution in [1.82, 2.24) is 9.97 Å². The molecule has 1 unspecified atom stereocenters. The number of carbonyl (C=O) groups is 1. The number of nitrogens with zero attached hydrogens (tertiary/aromatic N) is 2. The highest BCUT2D eigenvalue weighted by Crippen LogP contribution is 2.20. The molecule has 0 aliphatic carbocycles. The van der Waals surface area contributed by atoms with Gasteiger partial charge in [0.2, 0.25) is 0 Å². The number of esters is 1. The molecule has 1 heterocycles. The Bertz CT molecular complexity index is 729. The summed E-state index contributed by atoms with van der Waals surface area (Å²) in [6.45, 7) is 7.31. The fourth-order valence-electron chi connectivity index (χ4n) is 3.04. The summed E-state index contributed by atoms with van der Waals surface area (Å²) in [5, 5.41) is 0. The predicted molar refractivity (Wildman–Crippen MR) is 120 cm³/mol. The van der Waals surface area contributed by atoms with Crippen LogP contribution in [0.5, 0.6) is 5.75 Å². The number of aromatic nitrogens is 2. The van der Waals surface area contributed by atoms with E-state index in [0.717, 1.165) is 36.8 Å². The van der Waals surface area contributed by atoms with Crippen LogP contribution in [0.15, 0.2) is 36.7 Å². The van der Waals surface area contributed by atoms with E-state index in [2.05, 4.69) is 23.8 Å². The molecule has 0 spiro atoms. The van der Waals surface area contributed by atoms with Crippen molar-refractivity contribution >= 4 is 5.97 Å². The van der Waals surface area contributed by atoms with Gasteiger partial charge in [-0.05, 0) is 56.0 Å². The zero-order chi connectivity index (χ0) is 21.6. The van der Waals surface area contributed by atoms with Crippen molar-refractivity contribution in [2.45, 2.75) is 72.1 Å². The van der Waals surface area contributed by atoms with Crippen molar-refractivity contribution in [2.75, 3.05) is 13.2 Å². The molecule has 1 aromatic heterocycles. The molecule has 2 rings (SSSR count). The average molecular weight is 413 g/mol. The second-order valence-electron chi connectivity index (χ2n) is 7.85. The van der Waals surface area contributed by atoms with Gasteiger partial charge in [-0.3, -0.25) is 4.79 Å². The summed E-state index contributed by atoms with van der Waals surface area (Å²) in [5.74, 6) is 0.633. The van der Waals surface area contributed by atoms with Gasteiger partial charge in [-0.1, -0.05) is 46.0 Å². The maximum absolute atomic E-state index is 12.3. The summed E-state index contributed by atoms with van der Waals surface area (Å²) < 4.78 is 11.1. The Hall–Kier alpha value is -2.27. The molecule has 5 nitrogen and oxygen atoms in total. The number of unbranched alkanes of at least 4 members (excludes halogenated alkanes) is 5. The number of rotatable bonds is 14. The fourth-order valence-corrected chi connectivity index (χ4v) is 3.04. The zero-order valence-corrected chi connectivity index (χ0v) is 18.7. The van der Waals surface area contributed by atoms with Gasteiger partial charge in [-0.2, -0.15) is 0 Å². The number of benzene rings is 1. The summed E-state index contributed by atoms with van der Waals surface area (Å²) >= 11 is 0. The minimum atomic E-state index is -0.292. The average Bonchev–Trinajstić information content (AvgIpc) is 2.78. The van der Waals surface area contributed by atoms with Crippen molar-refractivity contribution in [3.8, 4) is 17.1 Å². The zero-order valence-electron chi connectivity index (χ0n) is 18.7. The van der Waals surface area contributed by atoms with E-state index >= 15 is 0 Å². The molecule has 0 saturated carbocycles. The van der Waals surface area contributed by atoms with E-state index in [1.807, 2.05) is 31.5 Å². The first-order chi connectivity index (χ1) is 14.6. The van der Waals surface area contributed by atoms with Gasteiger partial charge >= 0.3 is 5.97 Å². The monoisotopic (exact) mass is 412 g/mol. The van der Waals surface area contributed by atoms with E-state index in [0.29, 0.717) is 24.8 Å². The van der Waals surface area contributed by atoms with E-state index in [1.54, 1.807) is 12.1 Å². The fraction of sp³-hybridized carbons (Fsp3) is 0.560. The van der Waals surface area contributed by atoms with Gasteiger partial charge in [0.1, 0.15) is 5.75 Å². The lowest BCUT2D eigenvalue weighted by Crippen LogP contribution is -2.22. The minimum Gasteiger partial charge on any atom is -0.426 e. The summed E-state index contributed by atoms with van der Waals surface area (Å²) in [7, 11) is 0. The van der Waals surface area contributed by atoms with E-state index < -0.39 is 0 Å². The third-order valence-electron chi connectivity index (χ3n) is 5.02. The van der Waals surface area contributed by atoms with Crippen LogP contribution in [0.3, 0.4) is 0 Å². The van der Waals surface area contributed by atoms with Crippen LogP contribution in [-0.2, 0) is 16.0 Å². The molecule has 5 heteroatoms. The lowest BCUT2D eigenvalue weighted by molar-refractivity contribution is -0.140. The molecule has 2 aromatic rings. The molecular weight excluding hydrogens is 376 g/mol. The molecule has 1 aromatic carbocycles. The topological polar surface area (TPSA) is 61.3 Å². The highest BCUT2D eigenvalue weighted by atomic mass is 16.5. The highest BCUT2D eigenvalue weighted by Gasteiger charge is 2.16. The van der Waals surface area contributed by atoms with Gasteiger partial charge in [0.15, 0.2) is 5.82 Å². The third-order valence-corrected chi connectivity index (χ3v) is 5.02. The van der Waals surface area contributed by atoms with Crippen molar-refractivity contribution in [3.63, 3.8) is 0 Å². The Kier molecular flexibility index (Phi) is 11.1. The summed E-state index contributed by atoms with van der Waals surface area (Å²) in [6, 6.07) is 7.31. The van der Waals surface area contributed by atoms with Crippen molar-refractivity contribution in [3.05, 3.63) is 42.2 Å². The van der Waals surface area contributed by atoms with Crippen LogP contribution in [-0.4, -0.2) is 29.2 Å². The number of hydrogen-bond donors (Lipinski definition) is 0. The van der Waals surface area contributed by atoms with Gasteiger partial charge in [0, 0.05) is 24.6 Å². The Morgan fingerprint density at radius 3 is 2.27 bits per heavy atom. The summed E-state index contributed by atoms with van der Waals surface area (Å²) in [4.78, 5) is 21.2. The van der Waals surface area contributed by atoms with Crippen LogP contribution in [0.1, 0.15) is 71.3 Å². The van der Waals surface area contributed by atoms with Gasteiger partial charge < -0.3 is 9.47 Å². The Morgan fingerprint density at radius 1 is 0.933 bits per heavy atom. The molecule has 0 amide bonds. The number of ether oxygens (including phenoxy) is 2. The number of hydrogen-bond acceptors (Lipinski definition) is 5. The molecule has 0 aliphatic heterocycles. The maximum Gasteiger partial charge on any atom is 0.316 e. The molecule has 1 atom stereocenters. The quantitative estimate of drug-likeness (QED) is 0.216. The van der Waals surface area contributed by atoms with Crippen LogP contribution in [0.2, 0.25) is 0 Å². The third kappa shape index (κ3) is 8.62. The highest BCUT2D eigenvalue weighted by molar-refractivity contribution is 5.75.